The number of nitrogens with two attached hydrogens (primary N) is 2. The summed E-state index contributed by atoms with van der Waals surface area (Å²) >= 11 is 6.63. The number of aromatic amines is 2. The van der Waals surface area contributed by atoms with Gasteiger partial charge in [0, 0.05) is 18.5 Å². The molecule has 2 aromatic heterocycles. The number of Topliss-reactive ketones (excluding diaryl/α,β-unsaturated/α-hetero) is 1. The van der Waals surface area contributed by atoms with E-state index in [9.17, 15) is 14.4 Å². The third kappa shape index (κ3) is 5.33. The Labute approximate surface area is 215 Å². The van der Waals surface area contributed by atoms with E-state index in [1.165, 1.54) is 6.20 Å². The first-order valence-electron chi connectivity index (χ1n) is 10.3. The number of nitrogens with zero attached hydrogens (tertiary/aromatic N) is 1. The lowest BCUT2D eigenvalue weighted by atomic mass is 9.98. The highest BCUT2D eigenvalue weighted by atomic mass is 79.9. The molecule has 3 heterocycles. The monoisotopic (exact) mass is 609 g/mol. The van der Waals surface area contributed by atoms with Crippen molar-refractivity contribution in [2.45, 2.75) is 24.6 Å². The van der Waals surface area contributed by atoms with Crippen LogP contribution < -0.4 is 26.8 Å². The second-order valence-electron chi connectivity index (χ2n) is 7.82. The van der Waals surface area contributed by atoms with Crippen LogP contribution in [0.3, 0.4) is 0 Å². The second kappa shape index (κ2) is 10.1. The van der Waals surface area contributed by atoms with Gasteiger partial charge in [0.15, 0.2) is 17.8 Å². The van der Waals surface area contributed by atoms with Gasteiger partial charge in [-0.2, -0.15) is 0 Å². The van der Waals surface area contributed by atoms with Gasteiger partial charge < -0.3 is 41.9 Å². The molecule has 3 atom stereocenters. The van der Waals surface area contributed by atoms with Crippen LogP contribution in [-0.4, -0.2) is 56.3 Å². The van der Waals surface area contributed by atoms with Crippen molar-refractivity contribution in [3.8, 4) is 5.75 Å². The highest BCUT2D eigenvalue weighted by Gasteiger charge is 2.35. The molecule has 9 N–H and O–H groups in total. The molecule has 0 radical (unpaired) electrons. The summed E-state index contributed by atoms with van der Waals surface area (Å²) < 4.78 is 7.51. The molecular weight excluding hydrogens is 590 g/mol. The largest absolute Gasteiger partial charge is 0.480 e. The number of aromatic nitrogens is 3. The number of nitrogens with one attached hydrogen (secondary N) is 4. The van der Waals surface area contributed by atoms with E-state index in [4.69, 9.17) is 21.3 Å². The highest BCUT2D eigenvalue weighted by Crippen LogP contribution is 2.39. The SMILES string of the molecule is Nc1ncc([C@@H]2Oc3cccc(C(=O)C[C@H](N)C(=O)O)c3N[C@@H]2CNC(=O)c2cc(Br)c(Br)[nH]2)[nH]1. The predicted molar refractivity (Wildman–Crippen MR) is 133 cm³/mol. The number of carboxylic acid groups (broad SMARTS) is 1. The summed E-state index contributed by atoms with van der Waals surface area (Å²) in [5.74, 6) is -1.51. The topological polar surface area (TPSA) is 201 Å². The first-order valence-corrected chi connectivity index (χ1v) is 11.9. The number of anilines is 2. The van der Waals surface area contributed by atoms with E-state index in [0.29, 0.717) is 31.9 Å². The Morgan fingerprint density at radius 2 is 2.03 bits per heavy atom. The van der Waals surface area contributed by atoms with E-state index in [0.717, 1.165) is 0 Å². The second-order valence-corrected chi connectivity index (χ2v) is 9.47. The van der Waals surface area contributed by atoms with Crippen molar-refractivity contribution in [1.82, 2.24) is 20.3 Å². The molecule has 0 aliphatic carbocycles. The number of hydrogen-bond donors (Lipinski definition) is 7. The van der Waals surface area contributed by atoms with Crippen LogP contribution in [0.2, 0.25) is 0 Å². The van der Waals surface area contributed by atoms with Crippen molar-refractivity contribution < 1.29 is 24.2 Å². The van der Waals surface area contributed by atoms with Crippen molar-refractivity contribution in [3.63, 3.8) is 0 Å². The summed E-state index contributed by atoms with van der Waals surface area (Å²) in [4.78, 5) is 46.5. The molecule has 0 bridgehead atoms. The van der Waals surface area contributed by atoms with Crippen molar-refractivity contribution in [1.29, 1.82) is 0 Å². The third-order valence-electron chi connectivity index (χ3n) is 5.37. The van der Waals surface area contributed by atoms with Gasteiger partial charge in [0.25, 0.3) is 5.91 Å². The molecule has 0 fully saturated rings. The maximum absolute atomic E-state index is 12.8. The summed E-state index contributed by atoms with van der Waals surface area (Å²) in [5, 5.41) is 15.2. The summed E-state index contributed by atoms with van der Waals surface area (Å²) in [6.45, 7) is 0.104. The lowest BCUT2D eigenvalue weighted by Gasteiger charge is -2.35. The maximum Gasteiger partial charge on any atom is 0.320 e. The van der Waals surface area contributed by atoms with Crippen LogP contribution in [0, 0.1) is 0 Å². The number of aliphatic carboxylic acids is 1. The quantitative estimate of drug-likeness (QED) is 0.187. The van der Waals surface area contributed by atoms with Crippen LogP contribution in [0.4, 0.5) is 11.6 Å². The van der Waals surface area contributed by atoms with Crippen molar-refractivity contribution in [3.05, 3.63) is 56.5 Å². The molecule has 1 aliphatic rings. The molecule has 184 valence electrons. The number of ether oxygens (including phenoxy) is 1. The first kappa shape index (κ1) is 24.8. The van der Waals surface area contributed by atoms with Crippen LogP contribution in [0.1, 0.15) is 39.1 Å². The molecule has 14 heteroatoms. The van der Waals surface area contributed by atoms with Crippen LogP contribution in [0.15, 0.2) is 39.5 Å². The number of carbonyl (C=O) groups excluding carboxylic acids is 2. The number of hydrogen-bond acceptors (Lipinski definition) is 8. The van der Waals surface area contributed by atoms with Gasteiger partial charge in [-0.15, -0.1) is 0 Å². The summed E-state index contributed by atoms with van der Waals surface area (Å²) in [6.07, 6.45) is 0.509. The molecule has 1 aromatic carbocycles. The van der Waals surface area contributed by atoms with E-state index < -0.39 is 29.9 Å². The Hall–Kier alpha value is -3.36. The van der Waals surface area contributed by atoms with Crippen molar-refractivity contribution >= 4 is 61.2 Å². The van der Waals surface area contributed by atoms with E-state index in [2.05, 4.69) is 57.4 Å². The van der Waals surface area contributed by atoms with Gasteiger partial charge in [0.2, 0.25) is 0 Å². The molecule has 12 nitrogen and oxygen atoms in total. The number of amides is 1. The lowest BCUT2D eigenvalue weighted by molar-refractivity contribution is -0.138. The highest BCUT2D eigenvalue weighted by molar-refractivity contribution is 9.13. The van der Waals surface area contributed by atoms with Gasteiger partial charge in [-0.3, -0.25) is 14.4 Å². The number of carbonyl (C=O) groups is 3. The summed E-state index contributed by atoms with van der Waals surface area (Å²) in [6, 6.07) is 4.61. The van der Waals surface area contributed by atoms with Gasteiger partial charge in [-0.05, 0) is 50.1 Å². The van der Waals surface area contributed by atoms with Crippen LogP contribution in [-0.2, 0) is 4.79 Å². The molecule has 1 aliphatic heterocycles. The van der Waals surface area contributed by atoms with E-state index >= 15 is 0 Å². The fraction of sp³-hybridized carbons (Fsp3) is 0.238. The van der Waals surface area contributed by atoms with Crippen LogP contribution in [0.25, 0.3) is 0 Å². The number of carboxylic acids is 1. The molecule has 0 unspecified atom stereocenters. The van der Waals surface area contributed by atoms with E-state index in [1.54, 1.807) is 24.3 Å². The molecule has 35 heavy (non-hydrogen) atoms. The lowest BCUT2D eigenvalue weighted by Crippen LogP contribution is -2.45. The summed E-state index contributed by atoms with van der Waals surface area (Å²) in [7, 11) is 0. The van der Waals surface area contributed by atoms with Crippen molar-refractivity contribution in [2.24, 2.45) is 5.73 Å². The van der Waals surface area contributed by atoms with E-state index in [1.807, 2.05) is 0 Å². The molecule has 3 aromatic rings. The molecule has 1 amide bonds. The number of halogens is 2. The van der Waals surface area contributed by atoms with Crippen molar-refractivity contribution in [2.75, 3.05) is 17.6 Å². The molecule has 0 saturated carbocycles. The number of imidazole rings is 1. The van der Waals surface area contributed by atoms with Gasteiger partial charge in [0.1, 0.15) is 17.5 Å². The zero-order valence-corrected chi connectivity index (χ0v) is 21.1. The summed E-state index contributed by atoms with van der Waals surface area (Å²) in [5.41, 5.74) is 12.8. The average molecular weight is 611 g/mol. The number of H-pyrrole nitrogens is 2. The van der Waals surface area contributed by atoms with Gasteiger partial charge in [-0.25, -0.2) is 4.98 Å². The smallest absolute Gasteiger partial charge is 0.320 e. The Morgan fingerprint density at radius 1 is 1.26 bits per heavy atom. The fourth-order valence-corrected chi connectivity index (χ4v) is 4.30. The van der Waals surface area contributed by atoms with Gasteiger partial charge in [-0.1, -0.05) is 6.07 Å². The van der Waals surface area contributed by atoms with Crippen LogP contribution >= 0.6 is 31.9 Å². The number of fused-ring (bicyclic) bond motifs is 1. The molecule has 4 rings (SSSR count). The fourth-order valence-electron chi connectivity index (χ4n) is 3.65. The normalized spacial score (nSPS) is 17.6. The molecule has 0 saturated heterocycles. The number of benzene rings is 1. The minimum Gasteiger partial charge on any atom is -0.480 e. The first-order chi connectivity index (χ1) is 16.6. The number of ketones is 1. The average Bonchev–Trinajstić information content (AvgIpc) is 3.41. The standard InChI is InChI=1S/C21H21Br2N7O5/c22-9-4-11(29-18(9)23)19(32)26-6-12-17(13-7-27-21(25)30-13)35-15-3-1-2-8(16(15)28-12)14(31)5-10(24)20(33)34/h1-4,7,10,12,17,28-29H,5-6,24H2,(H,26,32)(H,33,34)(H3,25,27,30)/t10-,12+,17+/m0/s1. The van der Waals surface area contributed by atoms with Crippen LogP contribution in [0.5, 0.6) is 5.75 Å². The Bertz CT molecular complexity index is 1270. The minimum atomic E-state index is -1.34. The minimum absolute atomic E-state index is 0.104. The maximum atomic E-state index is 12.8. The van der Waals surface area contributed by atoms with Gasteiger partial charge >= 0.3 is 5.97 Å². The molecule has 0 spiro atoms. The molecular formula is C21H21Br2N7O5. The Balaban J connectivity index is 1.61. The number of rotatable bonds is 8. The predicted octanol–water partition coefficient (Wildman–Crippen LogP) is 2.17. The Morgan fingerprint density at radius 3 is 2.66 bits per heavy atom. The third-order valence-corrected chi connectivity index (χ3v) is 7.16. The number of para-hydroxylation sites is 1. The zero-order valence-electron chi connectivity index (χ0n) is 18.0. The van der Waals surface area contributed by atoms with E-state index in [-0.39, 0.29) is 30.4 Å². The zero-order chi connectivity index (χ0) is 25.3. The Kier molecular flexibility index (Phi) is 7.14. The van der Waals surface area contributed by atoms with Gasteiger partial charge in [0.05, 0.1) is 32.7 Å². The number of nitrogen functional groups attached to an aromatic ring is 1.